The van der Waals surface area contributed by atoms with E-state index >= 15 is 0 Å². The van der Waals surface area contributed by atoms with E-state index in [1.54, 1.807) is 18.3 Å². The second-order valence-corrected chi connectivity index (χ2v) is 6.51. The van der Waals surface area contributed by atoms with Gasteiger partial charge in [-0.05, 0) is 30.0 Å². The van der Waals surface area contributed by atoms with Crippen LogP contribution in [0.5, 0.6) is 0 Å². The summed E-state index contributed by atoms with van der Waals surface area (Å²) in [6, 6.07) is 6.33. The second kappa shape index (κ2) is 7.94. The van der Waals surface area contributed by atoms with Gasteiger partial charge in [-0.2, -0.15) is 5.10 Å². The van der Waals surface area contributed by atoms with Gasteiger partial charge in [0.05, 0.1) is 23.5 Å². The van der Waals surface area contributed by atoms with Crippen LogP contribution in [0.3, 0.4) is 0 Å². The Kier molecular flexibility index (Phi) is 5.65. The van der Waals surface area contributed by atoms with Crippen molar-refractivity contribution in [3.05, 3.63) is 69.5 Å². The largest absolute Gasteiger partial charge is 0.394 e. The van der Waals surface area contributed by atoms with Crippen LogP contribution in [0.1, 0.15) is 11.6 Å². The van der Waals surface area contributed by atoms with E-state index in [9.17, 15) is 14.3 Å². The first kappa shape index (κ1) is 18.5. The van der Waals surface area contributed by atoms with Crippen molar-refractivity contribution in [3.63, 3.8) is 0 Å². The molecule has 0 aliphatic carbocycles. The fraction of sp³-hybridized carbons (Fsp3) is 0.176. The Balaban J connectivity index is 2.00. The number of benzene rings is 1. The zero-order valence-electron chi connectivity index (χ0n) is 13.6. The molecule has 0 unspecified atom stereocenters. The molecule has 6 nitrogen and oxygen atoms in total. The predicted molar refractivity (Wildman–Crippen MR) is 97.9 cm³/mol. The summed E-state index contributed by atoms with van der Waals surface area (Å²) >= 11 is 7.07. The number of halogens is 2. The highest BCUT2D eigenvalue weighted by molar-refractivity contribution is 7.98. The van der Waals surface area contributed by atoms with Crippen molar-refractivity contribution in [2.24, 2.45) is 0 Å². The van der Waals surface area contributed by atoms with Gasteiger partial charge >= 0.3 is 0 Å². The van der Waals surface area contributed by atoms with Gasteiger partial charge in [0.1, 0.15) is 11.9 Å². The molecule has 26 heavy (non-hydrogen) atoms. The van der Waals surface area contributed by atoms with Crippen LogP contribution in [0.4, 0.5) is 4.39 Å². The molecule has 9 heteroatoms. The summed E-state index contributed by atoms with van der Waals surface area (Å²) in [7, 11) is 0. The van der Waals surface area contributed by atoms with Gasteiger partial charge in [-0.15, -0.1) is 0 Å². The minimum Gasteiger partial charge on any atom is -0.394 e. The molecule has 0 amide bonds. The van der Waals surface area contributed by atoms with Crippen molar-refractivity contribution >= 4 is 23.4 Å². The first-order chi connectivity index (χ1) is 12.5. The lowest BCUT2D eigenvalue weighted by molar-refractivity contribution is 0.236. The first-order valence-electron chi connectivity index (χ1n) is 7.55. The Labute approximate surface area is 157 Å². The van der Waals surface area contributed by atoms with E-state index in [-0.39, 0.29) is 5.02 Å². The molecule has 0 saturated heterocycles. The zero-order valence-corrected chi connectivity index (χ0v) is 15.2. The number of hydrogen-bond acceptors (Lipinski definition) is 6. The Morgan fingerprint density at radius 2 is 2.15 bits per heavy atom. The summed E-state index contributed by atoms with van der Waals surface area (Å²) in [5.41, 5.74) is 1.05. The maximum atomic E-state index is 13.7. The second-order valence-electron chi connectivity index (χ2n) is 5.33. The lowest BCUT2D eigenvalue weighted by Crippen LogP contribution is -2.29. The zero-order chi connectivity index (χ0) is 18.7. The number of aliphatic hydroxyl groups excluding tert-OH is 1. The highest BCUT2D eigenvalue weighted by atomic mass is 35.5. The SMILES string of the molecule is CSc1nccc(-c2cnn([C@H](CO)c3ccc(Cl)c(F)c3)c(=O)c2)n1. The summed E-state index contributed by atoms with van der Waals surface area (Å²) in [6.07, 6.45) is 4.93. The monoisotopic (exact) mass is 392 g/mol. The number of thioether (sulfide) groups is 1. The minimum absolute atomic E-state index is 0.0329. The smallest absolute Gasteiger partial charge is 0.268 e. The number of rotatable bonds is 5. The molecule has 0 spiro atoms. The fourth-order valence-corrected chi connectivity index (χ4v) is 2.91. The standard InChI is InChI=1S/C17H14ClFN4O2S/c1-26-17-20-5-4-14(22-17)11-7-16(25)23(21-8-11)15(9-24)10-2-3-12(18)13(19)6-10/h2-8,15,24H,9H2,1H3/t15-/m1/s1. The molecule has 0 radical (unpaired) electrons. The first-order valence-corrected chi connectivity index (χ1v) is 9.16. The molecular weight excluding hydrogens is 379 g/mol. The van der Waals surface area contributed by atoms with Crippen molar-refractivity contribution in [2.45, 2.75) is 11.2 Å². The third-order valence-electron chi connectivity index (χ3n) is 3.73. The van der Waals surface area contributed by atoms with Crippen molar-refractivity contribution < 1.29 is 9.50 Å². The van der Waals surface area contributed by atoms with E-state index in [2.05, 4.69) is 15.1 Å². The highest BCUT2D eigenvalue weighted by Crippen LogP contribution is 2.22. The topological polar surface area (TPSA) is 80.9 Å². The van der Waals surface area contributed by atoms with Gasteiger partial charge in [0, 0.05) is 17.8 Å². The molecule has 3 aromatic rings. The molecule has 0 saturated carbocycles. The minimum atomic E-state index is -0.824. The van der Waals surface area contributed by atoms with Crippen LogP contribution < -0.4 is 5.56 Å². The van der Waals surface area contributed by atoms with E-state index < -0.39 is 24.0 Å². The molecule has 3 rings (SSSR count). The summed E-state index contributed by atoms with van der Waals surface area (Å²) in [5, 5.41) is 14.4. The van der Waals surface area contributed by atoms with Crippen LogP contribution >= 0.6 is 23.4 Å². The van der Waals surface area contributed by atoms with Crippen molar-refractivity contribution in [1.29, 1.82) is 0 Å². The Morgan fingerprint density at radius 3 is 2.81 bits per heavy atom. The van der Waals surface area contributed by atoms with Crippen molar-refractivity contribution in [1.82, 2.24) is 19.7 Å². The summed E-state index contributed by atoms with van der Waals surface area (Å²) in [5.74, 6) is -0.627. The lowest BCUT2D eigenvalue weighted by atomic mass is 10.1. The number of aromatic nitrogens is 4. The van der Waals surface area contributed by atoms with Crippen LogP contribution in [0, 0.1) is 5.82 Å². The summed E-state index contributed by atoms with van der Waals surface area (Å²) < 4.78 is 14.8. The van der Waals surface area contributed by atoms with E-state index in [1.807, 2.05) is 6.26 Å². The van der Waals surface area contributed by atoms with Gasteiger partial charge < -0.3 is 5.11 Å². The van der Waals surface area contributed by atoms with Crippen molar-refractivity contribution in [2.75, 3.05) is 12.9 Å². The maximum absolute atomic E-state index is 13.7. The molecule has 0 bridgehead atoms. The van der Waals surface area contributed by atoms with E-state index in [0.717, 1.165) is 4.68 Å². The molecule has 1 N–H and O–H groups in total. The van der Waals surface area contributed by atoms with Gasteiger partial charge in [-0.1, -0.05) is 29.4 Å². The van der Waals surface area contributed by atoms with Gasteiger partial charge in [-0.25, -0.2) is 19.0 Å². The number of aliphatic hydroxyl groups is 1. The Hall–Kier alpha value is -2.29. The lowest BCUT2D eigenvalue weighted by Gasteiger charge is -2.17. The number of hydrogen-bond donors (Lipinski definition) is 1. The average molecular weight is 393 g/mol. The Morgan fingerprint density at radius 1 is 1.35 bits per heavy atom. The van der Waals surface area contributed by atoms with Crippen LogP contribution in [0.2, 0.25) is 5.02 Å². The summed E-state index contributed by atoms with van der Waals surface area (Å²) in [4.78, 5) is 20.9. The van der Waals surface area contributed by atoms with Crippen LogP contribution in [-0.4, -0.2) is 37.7 Å². The highest BCUT2D eigenvalue weighted by Gasteiger charge is 2.17. The van der Waals surface area contributed by atoms with Gasteiger partial charge in [-0.3, -0.25) is 4.79 Å². The Bertz CT molecular complexity index is 998. The molecule has 1 atom stereocenters. The predicted octanol–water partition coefficient (Wildman–Crippen LogP) is 2.80. The third-order valence-corrected chi connectivity index (χ3v) is 4.60. The van der Waals surface area contributed by atoms with Crippen LogP contribution in [0.25, 0.3) is 11.3 Å². The molecule has 0 aliphatic heterocycles. The summed E-state index contributed by atoms with van der Waals surface area (Å²) in [6.45, 7) is -0.419. The van der Waals surface area contributed by atoms with Gasteiger partial charge in [0.25, 0.3) is 5.56 Å². The molecule has 0 fully saturated rings. The normalized spacial score (nSPS) is 12.2. The molecule has 2 heterocycles. The molecule has 1 aromatic carbocycles. The molecule has 0 aliphatic rings. The fourth-order valence-electron chi connectivity index (χ4n) is 2.44. The van der Waals surface area contributed by atoms with E-state index in [4.69, 9.17) is 11.6 Å². The quantitative estimate of drug-likeness (QED) is 0.531. The number of nitrogens with zero attached hydrogens (tertiary/aromatic N) is 4. The van der Waals surface area contributed by atoms with Gasteiger partial charge in [0.15, 0.2) is 5.16 Å². The maximum Gasteiger partial charge on any atom is 0.268 e. The molecule has 2 aromatic heterocycles. The molecule has 134 valence electrons. The average Bonchev–Trinajstić information content (AvgIpc) is 2.66. The van der Waals surface area contributed by atoms with E-state index in [1.165, 1.54) is 36.2 Å². The molecular formula is C17H14ClFN4O2S. The third kappa shape index (κ3) is 3.77. The van der Waals surface area contributed by atoms with Crippen LogP contribution in [0.15, 0.2) is 52.7 Å². The van der Waals surface area contributed by atoms with E-state index in [0.29, 0.717) is 22.0 Å². The van der Waals surface area contributed by atoms with Crippen molar-refractivity contribution in [3.8, 4) is 11.3 Å². The van der Waals surface area contributed by atoms with Gasteiger partial charge in [0.2, 0.25) is 0 Å². The van der Waals surface area contributed by atoms with Crippen LogP contribution in [-0.2, 0) is 0 Å².